The van der Waals surface area contributed by atoms with Gasteiger partial charge in [-0.25, -0.2) is 0 Å². The molecule has 2 N–H and O–H groups in total. The van der Waals surface area contributed by atoms with Crippen LogP contribution in [0.5, 0.6) is 0 Å². The molecule has 2 aromatic carbocycles. The van der Waals surface area contributed by atoms with Gasteiger partial charge in [-0.05, 0) is 75.2 Å². The summed E-state index contributed by atoms with van der Waals surface area (Å²) in [6.45, 7) is 7.43. The molecule has 0 heterocycles. The van der Waals surface area contributed by atoms with Crippen LogP contribution in [0, 0.1) is 13.8 Å². The highest BCUT2D eigenvalue weighted by Gasteiger charge is 2.13. The Kier molecular flexibility index (Phi) is 5.16. The van der Waals surface area contributed by atoms with Crippen LogP contribution in [0.3, 0.4) is 0 Å². The highest BCUT2D eigenvalue weighted by molar-refractivity contribution is 5.97. The van der Waals surface area contributed by atoms with Crippen LogP contribution >= 0.6 is 0 Å². The molecule has 4 nitrogen and oxygen atoms in total. The van der Waals surface area contributed by atoms with Gasteiger partial charge in [0.25, 0.3) is 0 Å². The second kappa shape index (κ2) is 7.09. The van der Waals surface area contributed by atoms with E-state index < -0.39 is 0 Å². The number of hydrogen-bond donors (Lipinski definition) is 2. The minimum Gasteiger partial charge on any atom is -0.374 e. The van der Waals surface area contributed by atoms with E-state index in [0.717, 1.165) is 5.69 Å². The van der Waals surface area contributed by atoms with E-state index >= 15 is 0 Å². The van der Waals surface area contributed by atoms with E-state index in [1.807, 2.05) is 32.0 Å². The van der Waals surface area contributed by atoms with Crippen LogP contribution in [0.15, 0.2) is 42.5 Å². The number of carbonyl (C=O) groups excluding carboxylic acids is 2. The van der Waals surface area contributed by atoms with Gasteiger partial charge in [0.1, 0.15) is 6.04 Å². The molecule has 0 aliphatic rings. The Hall–Kier alpha value is -2.62. The molecule has 0 radical (unpaired) electrons. The highest BCUT2D eigenvalue weighted by Crippen LogP contribution is 2.16. The molecule has 23 heavy (non-hydrogen) atoms. The summed E-state index contributed by atoms with van der Waals surface area (Å²) in [4.78, 5) is 23.5. The van der Waals surface area contributed by atoms with E-state index in [4.69, 9.17) is 0 Å². The fourth-order valence-electron chi connectivity index (χ4n) is 2.19. The van der Waals surface area contributed by atoms with E-state index in [9.17, 15) is 9.59 Å². The second-order valence-corrected chi connectivity index (χ2v) is 5.79. The third-order valence-corrected chi connectivity index (χ3v) is 3.84. The van der Waals surface area contributed by atoms with E-state index in [0.29, 0.717) is 11.3 Å². The van der Waals surface area contributed by atoms with E-state index in [-0.39, 0.29) is 17.7 Å². The number of hydrogen-bond acceptors (Lipinski definition) is 3. The molecule has 0 unspecified atom stereocenters. The molecule has 0 aliphatic heterocycles. The Morgan fingerprint density at radius 1 is 0.913 bits per heavy atom. The summed E-state index contributed by atoms with van der Waals surface area (Å²) in [5, 5.41) is 6.03. The minimum absolute atomic E-state index is 0.00709. The molecule has 0 saturated heterocycles. The van der Waals surface area contributed by atoms with E-state index in [1.54, 1.807) is 24.3 Å². The van der Waals surface area contributed by atoms with Gasteiger partial charge in [0, 0.05) is 16.9 Å². The zero-order valence-corrected chi connectivity index (χ0v) is 13.9. The van der Waals surface area contributed by atoms with Crippen LogP contribution in [-0.4, -0.2) is 17.7 Å². The molecule has 0 fully saturated rings. The first-order valence-corrected chi connectivity index (χ1v) is 7.62. The van der Waals surface area contributed by atoms with Gasteiger partial charge in [-0.15, -0.1) is 0 Å². The van der Waals surface area contributed by atoms with Crippen LogP contribution in [0.4, 0.5) is 11.4 Å². The van der Waals surface area contributed by atoms with Crippen LogP contribution in [0.2, 0.25) is 0 Å². The summed E-state index contributed by atoms with van der Waals surface area (Å²) in [5.41, 5.74) is 4.63. The van der Waals surface area contributed by atoms with Crippen molar-refractivity contribution in [3.8, 4) is 0 Å². The number of benzene rings is 2. The number of amides is 1. The van der Waals surface area contributed by atoms with Gasteiger partial charge in [0.05, 0.1) is 0 Å². The topological polar surface area (TPSA) is 58.2 Å². The summed E-state index contributed by atoms with van der Waals surface area (Å²) in [7, 11) is 0. The first kappa shape index (κ1) is 16.7. The summed E-state index contributed by atoms with van der Waals surface area (Å²) in [6.07, 6.45) is 0. The van der Waals surface area contributed by atoms with Crippen molar-refractivity contribution in [2.24, 2.45) is 0 Å². The van der Waals surface area contributed by atoms with E-state index in [2.05, 4.69) is 17.6 Å². The molecule has 0 bridgehead atoms. The number of rotatable bonds is 5. The smallest absolute Gasteiger partial charge is 0.246 e. The highest BCUT2D eigenvalue weighted by atomic mass is 16.2. The van der Waals surface area contributed by atoms with Crippen molar-refractivity contribution < 1.29 is 9.59 Å². The molecule has 0 saturated carbocycles. The predicted molar refractivity (Wildman–Crippen MR) is 94.1 cm³/mol. The molecule has 0 aromatic heterocycles. The zero-order valence-electron chi connectivity index (χ0n) is 13.9. The Balaban J connectivity index is 1.99. The molecule has 120 valence electrons. The number of aryl methyl sites for hydroxylation is 2. The van der Waals surface area contributed by atoms with Crippen LogP contribution in [0.25, 0.3) is 0 Å². The molecular weight excluding hydrogens is 288 g/mol. The second-order valence-electron chi connectivity index (χ2n) is 5.79. The predicted octanol–water partition coefficient (Wildman–Crippen LogP) is 3.95. The lowest BCUT2D eigenvalue weighted by molar-refractivity contribution is -0.116. The van der Waals surface area contributed by atoms with Crippen LogP contribution < -0.4 is 10.6 Å². The maximum Gasteiger partial charge on any atom is 0.246 e. The van der Waals surface area contributed by atoms with Crippen molar-refractivity contribution in [2.45, 2.75) is 33.7 Å². The van der Waals surface area contributed by atoms with Crippen molar-refractivity contribution in [3.63, 3.8) is 0 Å². The third-order valence-electron chi connectivity index (χ3n) is 3.84. The first-order chi connectivity index (χ1) is 10.9. The van der Waals surface area contributed by atoms with Gasteiger partial charge in [-0.1, -0.05) is 6.07 Å². The van der Waals surface area contributed by atoms with Gasteiger partial charge in [-0.2, -0.15) is 0 Å². The minimum atomic E-state index is -0.371. The van der Waals surface area contributed by atoms with Gasteiger partial charge >= 0.3 is 0 Å². The molecule has 2 aromatic rings. The normalized spacial score (nSPS) is 11.7. The molecule has 1 atom stereocenters. The fourth-order valence-corrected chi connectivity index (χ4v) is 2.19. The SMILES string of the molecule is CC(=O)c1ccc(NC(=O)[C@H](C)Nc2ccc(C)c(C)c2)cc1. The molecule has 1 amide bonds. The molecule has 0 aliphatic carbocycles. The standard InChI is InChI=1S/C19H22N2O2/c1-12-5-8-18(11-13(12)2)20-14(3)19(23)21-17-9-6-16(7-10-17)15(4)22/h5-11,14,20H,1-4H3,(H,21,23)/t14-/m0/s1. The molecule has 2 rings (SSSR count). The lowest BCUT2D eigenvalue weighted by atomic mass is 10.1. The molecule has 0 spiro atoms. The van der Waals surface area contributed by atoms with Crippen molar-refractivity contribution in [1.82, 2.24) is 0 Å². The average Bonchev–Trinajstić information content (AvgIpc) is 2.51. The largest absolute Gasteiger partial charge is 0.374 e. The van der Waals surface area contributed by atoms with Gasteiger partial charge in [0.2, 0.25) is 5.91 Å². The Morgan fingerprint density at radius 2 is 1.52 bits per heavy atom. The summed E-state index contributed by atoms with van der Waals surface area (Å²) in [5.74, 6) is -0.119. The first-order valence-electron chi connectivity index (χ1n) is 7.62. The number of anilines is 2. The third kappa shape index (κ3) is 4.42. The quantitative estimate of drug-likeness (QED) is 0.822. The summed E-state index contributed by atoms with van der Waals surface area (Å²) >= 11 is 0. The van der Waals surface area contributed by atoms with E-state index in [1.165, 1.54) is 18.1 Å². The van der Waals surface area contributed by atoms with Crippen molar-refractivity contribution in [2.75, 3.05) is 10.6 Å². The number of Topliss-reactive ketones (excluding diaryl/α,β-unsaturated/α-hetero) is 1. The molecular formula is C19H22N2O2. The Morgan fingerprint density at radius 3 is 2.09 bits per heavy atom. The zero-order chi connectivity index (χ0) is 17.0. The maximum absolute atomic E-state index is 12.2. The number of carbonyl (C=O) groups is 2. The summed E-state index contributed by atoms with van der Waals surface area (Å²) < 4.78 is 0. The fraction of sp³-hybridized carbons (Fsp3) is 0.263. The maximum atomic E-state index is 12.2. The van der Waals surface area contributed by atoms with Gasteiger partial charge in [-0.3, -0.25) is 9.59 Å². The lowest BCUT2D eigenvalue weighted by Crippen LogP contribution is -2.31. The van der Waals surface area contributed by atoms with Crippen molar-refractivity contribution >= 4 is 23.1 Å². The van der Waals surface area contributed by atoms with Gasteiger partial charge < -0.3 is 10.6 Å². The van der Waals surface area contributed by atoms with Crippen LogP contribution in [0.1, 0.15) is 35.3 Å². The Labute approximate surface area is 136 Å². The lowest BCUT2D eigenvalue weighted by Gasteiger charge is -2.16. The summed E-state index contributed by atoms with van der Waals surface area (Å²) in [6, 6.07) is 12.5. The van der Waals surface area contributed by atoms with Crippen LogP contribution in [-0.2, 0) is 4.79 Å². The molecule has 4 heteroatoms. The number of nitrogens with one attached hydrogen (secondary N) is 2. The van der Waals surface area contributed by atoms with Crippen molar-refractivity contribution in [1.29, 1.82) is 0 Å². The Bertz CT molecular complexity index is 721. The average molecular weight is 310 g/mol. The monoisotopic (exact) mass is 310 g/mol. The van der Waals surface area contributed by atoms with Crippen molar-refractivity contribution in [3.05, 3.63) is 59.2 Å². The van der Waals surface area contributed by atoms with Gasteiger partial charge in [0.15, 0.2) is 5.78 Å². The number of ketones is 1.